The Morgan fingerprint density at radius 3 is 2.46 bits per heavy atom. The van der Waals surface area contributed by atoms with Gasteiger partial charge in [0.25, 0.3) is 0 Å². The first-order valence-corrected chi connectivity index (χ1v) is 4.96. The quantitative estimate of drug-likeness (QED) is 0.544. The van der Waals surface area contributed by atoms with E-state index in [0.29, 0.717) is 0 Å². The monoisotopic (exact) mass is 192 g/mol. The van der Waals surface area contributed by atoms with Crippen LogP contribution in [0, 0.1) is 10.7 Å². The molecule has 0 spiro atoms. The first-order valence-electron chi connectivity index (χ1n) is 4.15. The topological polar surface area (TPSA) is 27.0 Å². The van der Waals surface area contributed by atoms with Gasteiger partial charge in [0.05, 0.1) is 0 Å². The van der Waals surface area contributed by atoms with Crippen molar-refractivity contribution < 1.29 is 0 Å². The highest BCUT2D eigenvalue weighted by atomic mass is 32.2. The van der Waals surface area contributed by atoms with Crippen molar-refractivity contribution in [2.75, 3.05) is 18.5 Å². The summed E-state index contributed by atoms with van der Waals surface area (Å²) < 4.78 is 0. The minimum absolute atomic E-state index is 0.991. The molecule has 1 aromatic carbocycles. The lowest BCUT2D eigenvalue weighted by Crippen LogP contribution is -2.15. The van der Waals surface area contributed by atoms with Crippen LogP contribution in [-0.2, 0) is 0 Å². The summed E-state index contributed by atoms with van der Waals surface area (Å²) in [6, 6.07) is 8.00. The summed E-state index contributed by atoms with van der Waals surface area (Å²) in [6.45, 7) is 3.10. The zero-order valence-corrected chi connectivity index (χ0v) is 8.64. The highest BCUT2D eigenvalue weighted by Crippen LogP contribution is 2.20. The second-order valence-electron chi connectivity index (χ2n) is 2.70. The third kappa shape index (κ3) is 2.67. The van der Waals surface area contributed by atoms with Crippen LogP contribution in [0.25, 0.3) is 0 Å². The van der Waals surface area contributed by atoms with Crippen molar-refractivity contribution in [3.63, 3.8) is 0 Å². The van der Waals surface area contributed by atoms with Crippen molar-refractivity contribution >= 4 is 17.4 Å². The van der Waals surface area contributed by atoms with Crippen molar-refractivity contribution in [3.05, 3.63) is 24.3 Å². The van der Waals surface area contributed by atoms with Gasteiger partial charge >= 0.3 is 0 Å². The molecule has 1 rings (SSSR count). The summed E-state index contributed by atoms with van der Waals surface area (Å²) in [7, 11) is 2.05. The molecule has 0 aromatic heterocycles. The predicted molar refractivity (Wildman–Crippen MR) is 56.9 cm³/mol. The number of anilines is 1. The van der Waals surface area contributed by atoms with Crippen LogP contribution in [0.15, 0.2) is 29.2 Å². The number of hydrogen-bond donors (Lipinski definition) is 0. The fourth-order valence-corrected chi connectivity index (χ4v) is 1.38. The third-order valence-corrected chi connectivity index (χ3v) is 2.51. The van der Waals surface area contributed by atoms with Crippen LogP contribution < -0.4 is 4.90 Å². The molecule has 0 amide bonds. The number of hydrogen-bond acceptors (Lipinski definition) is 3. The van der Waals surface area contributed by atoms with Gasteiger partial charge in [0, 0.05) is 24.2 Å². The highest BCUT2D eigenvalue weighted by molar-refractivity contribution is 8.03. The summed E-state index contributed by atoms with van der Waals surface area (Å²) in [5.74, 6) is 0. The van der Waals surface area contributed by atoms with Crippen LogP contribution in [-0.4, -0.2) is 13.6 Å². The molecule has 0 aliphatic heterocycles. The van der Waals surface area contributed by atoms with Crippen molar-refractivity contribution in [2.24, 2.45) is 0 Å². The lowest BCUT2D eigenvalue weighted by Gasteiger charge is -2.16. The van der Waals surface area contributed by atoms with Gasteiger partial charge in [0.15, 0.2) is 0 Å². The number of thioether (sulfide) groups is 1. The fourth-order valence-electron chi connectivity index (χ4n) is 1.00. The van der Waals surface area contributed by atoms with Crippen LogP contribution in [0.4, 0.5) is 5.69 Å². The van der Waals surface area contributed by atoms with E-state index >= 15 is 0 Å². The van der Waals surface area contributed by atoms with Crippen molar-refractivity contribution in [1.29, 1.82) is 5.26 Å². The number of thiocyanates is 1. The number of nitriles is 1. The van der Waals surface area contributed by atoms with E-state index in [1.165, 1.54) is 17.4 Å². The zero-order valence-electron chi connectivity index (χ0n) is 7.82. The van der Waals surface area contributed by atoms with Gasteiger partial charge in [0.2, 0.25) is 0 Å². The summed E-state index contributed by atoms with van der Waals surface area (Å²) in [5, 5.41) is 10.5. The predicted octanol–water partition coefficient (Wildman–Crippen LogP) is 2.72. The summed E-state index contributed by atoms with van der Waals surface area (Å²) in [6.07, 6.45) is 0. The van der Waals surface area contributed by atoms with Gasteiger partial charge in [-0.15, -0.1) is 0 Å². The third-order valence-electron chi connectivity index (χ3n) is 1.92. The lowest BCUT2D eigenvalue weighted by molar-refractivity contribution is 0.967. The molecule has 0 aliphatic rings. The molecule has 0 radical (unpaired) electrons. The second-order valence-corrected chi connectivity index (χ2v) is 3.56. The molecule has 0 unspecified atom stereocenters. The van der Waals surface area contributed by atoms with Gasteiger partial charge in [-0.1, -0.05) is 0 Å². The Morgan fingerprint density at radius 2 is 2.00 bits per heavy atom. The normalized spacial score (nSPS) is 9.31. The maximum absolute atomic E-state index is 8.45. The molecule has 0 aliphatic carbocycles. The molecular weight excluding hydrogens is 180 g/mol. The Bertz CT molecular complexity index is 300. The molecule has 3 heteroatoms. The molecule has 0 atom stereocenters. The van der Waals surface area contributed by atoms with E-state index in [2.05, 4.69) is 11.8 Å². The molecule has 13 heavy (non-hydrogen) atoms. The van der Waals surface area contributed by atoms with Gasteiger partial charge in [-0.05, 0) is 43.0 Å². The lowest BCUT2D eigenvalue weighted by atomic mass is 10.3. The second kappa shape index (κ2) is 4.78. The SMILES string of the molecule is CCN(C)c1ccc(SC#N)cc1. The molecule has 0 N–H and O–H groups in total. The molecule has 0 bridgehead atoms. The average Bonchev–Trinajstić information content (AvgIpc) is 2.18. The molecule has 0 saturated heterocycles. The standard InChI is InChI=1S/C10H12N2S/c1-3-12(2)9-4-6-10(7-5-9)13-8-11/h4-7H,3H2,1-2H3. The first-order chi connectivity index (χ1) is 6.27. The minimum Gasteiger partial charge on any atom is -0.375 e. The van der Waals surface area contributed by atoms with Crippen LogP contribution in [0.3, 0.4) is 0 Å². The summed E-state index contributed by atoms with van der Waals surface area (Å²) in [4.78, 5) is 3.15. The van der Waals surface area contributed by atoms with E-state index in [4.69, 9.17) is 5.26 Å². The van der Waals surface area contributed by atoms with Crippen LogP contribution in [0.2, 0.25) is 0 Å². The van der Waals surface area contributed by atoms with Crippen LogP contribution in [0.1, 0.15) is 6.92 Å². The molecule has 2 nitrogen and oxygen atoms in total. The van der Waals surface area contributed by atoms with Gasteiger partial charge in [-0.25, -0.2) is 0 Å². The van der Waals surface area contributed by atoms with Gasteiger partial charge in [-0.2, -0.15) is 5.26 Å². The molecule has 0 heterocycles. The first kappa shape index (κ1) is 9.94. The maximum Gasteiger partial charge on any atom is 0.138 e. The molecule has 1 aromatic rings. The molecular formula is C10H12N2S. The highest BCUT2D eigenvalue weighted by Gasteiger charge is 1.97. The van der Waals surface area contributed by atoms with Crippen molar-refractivity contribution in [3.8, 4) is 5.40 Å². The summed E-state index contributed by atoms with van der Waals surface area (Å²) >= 11 is 1.19. The minimum atomic E-state index is 0.991. The Hall–Kier alpha value is -1.14. The molecule has 68 valence electrons. The van der Waals surface area contributed by atoms with Crippen molar-refractivity contribution in [2.45, 2.75) is 11.8 Å². The Kier molecular flexibility index (Phi) is 3.66. The number of nitrogens with zero attached hydrogens (tertiary/aromatic N) is 2. The van der Waals surface area contributed by atoms with E-state index in [9.17, 15) is 0 Å². The number of benzene rings is 1. The van der Waals surface area contributed by atoms with E-state index in [1.54, 1.807) is 0 Å². The smallest absolute Gasteiger partial charge is 0.138 e. The zero-order chi connectivity index (χ0) is 9.68. The fraction of sp³-hybridized carbons (Fsp3) is 0.300. The van der Waals surface area contributed by atoms with Crippen LogP contribution >= 0.6 is 11.8 Å². The Balaban J connectivity index is 2.76. The van der Waals surface area contributed by atoms with E-state index in [1.807, 2.05) is 36.7 Å². The van der Waals surface area contributed by atoms with Gasteiger partial charge in [0.1, 0.15) is 5.40 Å². The van der Waals surface area contributed by atoms with E-state index in [-0.39, 0.29) is 0 Å². The Morgan fingerprint density at radius 1 is 1.38 bits per heavy atom. The molecule has 0 saturated carbocycles. The van der Waals surface area contributed by atoms with Gasteiger partial charge < -0.3 is 4.90 Å². The largest absolute Gasteiger partial charge is 0.375 e. The Labute approximate surface area is 83.2 Å². The maximum atomic E-state index is 8.45. The number of rotatable bonds is 3. The van der Waals surface area contributed by atoms with Gasteiger partial charge in [-0.3, -0.25) is 0 Å². The summed E-state index contributed by atoms with van der Waals surface area (Å²) in [5.41, 5.74) is 1.18. The van der Waals surface area contributed by atoms with E-state index in [0.717, 1.165) is 11.4 Å². The average molecular weight is 192 g/mol. The van der Waals surface area contributed by atoms with E-state index < -0.39 is 0 Å². The van der Waals surface area contributed by atoms with Crippen molar-refractivity contribution in [1.82, 2.24) is 0 Å². The molecule has 0 fully saturated rings. The van der Waals surface area contributed by atoms with Crippen LogP contribution in [0.5, 0.6) is 0 Å².